The molecule has 0 saturated heterocycles. The summed E-state index contributed by atoms with van der Waals surface area (Å²) in [7, 11) is 0. The van der Waals surface area contributed by atoms with E-state index in [0.717, 1.165) is 27.1 Å². The van der Waals surface area contributed by atoms with E-state index < -0.39 is 5.97 Å². The normalized spacial score (nSPS) is 10.6. The van der Waals surface area contributed by atoms with Crippen LogP contribution in [0, 0.1) is 20.8 Å². The second kappa shape index (κ2) is 6.48. The highest BCUT2D eigenvalue weighted by Crippen LogP contribution is 2.25. The second-order valence-corrected chi connectivity index (χ2v) is 6.11. The van der Waals surface area contributed by atoms with Crippen molar-refractivity contribution in [1.82, 2.24) is 4.57 Å². The lowest BCUT2D eigenvalue weighted by Gasteiger charge is -2.11. The highest BCUT2D eigenvalue weighted by molar-refractivity contribution is 9.10. The van der Waals surface area contributed by atoms with Crippen LogP contribution >= 0.6 is 15.9 Å². The molecule has 4 nitrogen and oxygen atoms in total. The molecule has 0 spiro atoms. The number of halogens is 1. The van der Waals surface area contributed by atoms with Crippen molar-refractivity contribution in [3.05, 3.63) is 51.3 Å². The lowest BCUT2D eigenvalue weighted by Crippen LogP contribution is -2.12. The molecule has 0 N–H and O–H groups in total. The molecule has 0 aliphatic carbocycles. The highest BCUT2D eigenvalue weighted by Gasteiger charge is 2.17. The number of carbonyl (C=O) groups excluding carboxylic acids is 2. The van der Waals surface area contributed by atoms with Gasteiger partial charge in [0, 0.05) is 34.0 Å². The first-order valence-electron chi connectivity index (χ1n) is 6.93. The minimum absolute atomic E-state index is 0.191. The number of esters is 1. The Morgan fingerprint density at radius 1 is 1.18 bits per heavy atom. The van der Waals surface area contributed by atoms with Crippen LogP contribution in [-0.4, -0.2) is 22.9 Å². The Bertz CT molecular complexity index is 747. The molecule has 2 aromatic rings. The zero-order valence-corrected chi connectivity index (χ0v) is 14.7. The van der Waals surface area contributed by atoms with Crippen LogP contribution in [0.2, 0.25) is 0 Å². The van der Waals surface area contributed by atoms with Crippen molar-refractivity contribution in [1.29, 1.82) is 0 Å². The van der Waals surface area contributed by atoms with E-state index in [1.54, 1.807) is 0 Å². The predicted octanol–water partition coefficient (Wildman–Crippen LogP) is 3.91. The lowest BCUT2D eigenvalue weighted by molar-refractivity contribution is -0.139. The van der Waals surface area contributed by atoms with Gasteiger partial charge >= 0.3 is 5.97 Å². The van der Waals surface area contributed by atoms with Crippen LogP contribution < -0.4 is 0 Å². The van der Waals surface area contributed by atoms with Gasteiger partial charge < -0.3 is 9.30 Å². The molecule has 0 unspecified atom stereocenters. The first-order valence-corrected chi connectivity index (χ1v) is 7.72. The molecule has 0 aliphatic heterocycles. The van der Waals surface area contributed by atoms with Crippen molar-refractivity contribution in [2.75, 3.05) is 6.61 Å². The van der Waals surface area contributed by atoms with Crippen LogP contribution in [0.25, 0.3) is 5.69 Å². The zero-order valence-electron chi connectivity index (χ0n) is 13.1. The fourth-order valence-electron chi connectivity index (χ4n) is 2.46. The highest BCUT2D eigenvalue weighted by atomic mass is 79.9. The van der Waals surface area contributed by atoms with Crippen molar-refractivity contribution in [2.24, 2.45) is 0 Å². The number of rotatable bonds is 4. The molecule has 22 heavy (non-hydrogen) atoms. The Hall–Kier alpha value is -1.88. The van der Waals surface area contributed by atoms with Crippen molar-refractivity contribution in [3.63, 3.8) is 0 Å². The maximum Gasteiger partial charge on any atom is 0.303 e. The molecule has 5 heteroatoms. The van der Waals surface area contributed by atoms with Gasteiger partial charge in [-0.2, -0.15) is 0 Å². The molecule has 0 atom stereocenters. The summed E-state index contributed by atoms with van der Waals surface area (Å²) in [5.74, 6) is -0.644. The van der Waals surface area contributed by atoms with Crippen LogP contribution in [0.15, 0.2) is 28.7 Å². The second-order valence-electron chi connectivity index (χ2n) is 5.26. The molecule has 0 bridgehead atoms. The van der Waals surface area contributed by atoms with Crippen LogP contribution in [0.4, 0.5) is 0 Å². The number of carbonyl (C=O) groups is 2. The van der Waals surface area contributed by atoms with Crippen LogP contribution in [0.1, 0.15) is 34.2 Å². The molecule has 0 amide bonds. The maximum atomic E-state index is 12.2. The summed E-state index contributed by atoms with van der Waals surface area (Å²) in [6.07, 6.45) is 0. The van der Waals surface area contributed by atoms with Gasteiger partial charge in [-0.25, -0.2) is 0 Å². The Labute approximate surface area is 138 Å². The molecule has 116 valence electrons. The predicted molar refractivity (Wildman–Crippen MR) is 88.6 cm³/mol. The van der Waals surface area contributed by atoms with E-state index in [1.807, 2.05) is 43.5 Å². The molecule has 1 aromatic heterocycles. The fourth-order valence-corrected chi connectivity index (χ4v) is 2.70. The quantitative estimate of drug-likeness (QED) is 0.611. The van der Waals surface area contributed by atoms with Crippen molar-refractivity contribution in [2.45, 2.75) is 27.7 Å². The van der Waals surface area contributed by atoms with Gasteiger partial charge in [-0.3, -0.25) is 9.59 Å². The SMILES string of the molecule is CC(=O)OCC(=O)c1cc(C)n(-c2ccc(Br)c(C)c2)c1C. The smallest absolute Gasteiger partial charge is 0.303 e. The molecule has 1 heterocycles. The monoisotopic (exact) mass is 363 g/mol. The molecule has 0 fully saturated rings. The van der Waals surface area contributed by atoms with Gasteiger partial charge in [0.1, 0.15) is 0 Å². The van der Waals surface area contributed by atoms with Gasteiger partial charge in [-0.15, -0.1) is 0 Å². The Morgan fingerprint density at radius 2 is 1.86 bits per heavy atom. The first kappa shape index (κ1) is 16.5. The van der Waals surface area contributed by atoms with Crippen molar-refractivity contribution < 1.29 is 14.3 Å². The minimum Gasteiger partial charge on any atom is -0.457 e. The average Bonchev–Trinajstić information content (AvgIpc) is 2.75. The van der Waals surface area contributed by atoms with Gasteiger partial charge in [-0.1, -0.05) is 15.9 Å². The van der Waals surface area contributed by atoms with E-state index in [1.165, 1.54) is 6.92 Å². The number of hydrogen-bond donors (Lipinski definition) is 0. The number of aryl methyl sites for hydroxylation is 2. The Kier molecular flexibility index (Phi) is 4.86. The van der Waals surface area contributed by atoms with E-state index in [2.05, 4.69) is 22.0 Å². The molecule has 1 aromatic carbocycles. The summed E-state index contributed by atoms with van der Waals surface area (Å²) in [4.78, 5) is 23.0. The molecule has 0 saturated carbocycles. The minimum atomic E-state index is -0.453. The number of aromatic nitrogens is 1. The summed E-state index contributed by atoms with van der Waals surface area (Å²) >= 11 is 3.49. The third-order valence-corrected chi connectivity index (χ3v) is 4.43. The summed E-state index contributed by atoms with van der Waals surface area (Å²) in [5, 5.41) is 0. The molecule has 0 aliphatic rings. The van der Waals surface area contributed by atoms with Crippen LogP contribution in [0.5, 0.6) is 0 Å². The summed E-state index contributed by atoms with van der Waals surface area (Å²) < 4.78 is 7.87. The number of benzene rings is 1. The zero-order chi connectivity index (χ0) is 16.4. The number of ether oxygens (including phenoxy) is 1. The van der Waals surface area contributed by atoms with E-state index in [9.17, 15) is 9.59 Å². The standard InChI is InChI=1S/C17H18BrNO3/c1-10-7-14(5-6-16(10)18)19-11(2)8-15(12(19)3)17(21)9-22-13(4)20/h5-8H,9H2,1-4H3. The summed E-state index contributed by atoms with van der Waals surface area (Å²) in [5.41, 5.74) is 4.51. The van der Waals surface area contributed by atoms with Gasteiger partial charge in [0.15, 0.2) is 6.61 Å². The fraction of sp³-hybridized carbons (Fsp3) is 0.294. The third kappa shape index (κ3) is 3.30. The molecule has 0 radical (unpaired) electrons. The van der Waals surface area contributed by atoms with Gasteiger partial charge in [0.2, 0.25) is 5.78 Å². The van der Waals surface area contributed by atoms with Crippen LogP contribution in [-0.2, 0) is 9.53 Å². The van der Waals surface area contributed by atoms with Crippen LogP contribution in [0.3, 0.4) is 0 Å². The van der Waals surface area contributed by atoms with E-state index in [0.29, 0.717) is 5.56 Å². The number of ketones is 1. The van der Waals surface area contributed by atoms with Gasteiger partial charge in [-0.05, 0) is 50.6 Å². The van der Waals surface area contributed by atoms with Gasteiger partial charge in [0.05, 0.1) is 0 Å². The lowest BCUT2D eigenvalue weighted by atomic mass is 10.1. The Balaban J connectivity index is 2.40. The van der Waals surface area contributed by atoms with E-state index in [4.69, 9.17) is 4.74 Å². The maximum absolute atomic E-state index is 12.2. The topological polar surface area (TPSA) is 48.3 Å². The average molecular weight is 364 g/mol. The van der Waals surface area contributed by atoms with Crippen molar-refractivity contribution >= 4 is 27.7 Å². The largest absolute Gasteiger partial charge is 0.457 e. The Morgan fingerprint density at radius 3 is 2.45 bits per heavy atom. The van der Waals surface area contributed by atoms with E-state index in [-0.39, 0.29) is 12.4 Å². The van der Waals surface area contributed by atoms with E-state index >= 15 is 0 Å². The summed E-state index contributed by atoms with van der Waals surface area (Å²) in [6, 6.07) is 7.88. The van der Waals surface area contributed by atoms with Gasteiger partial charge in [0.25, 0.3) is 0 Å². The first-order chi connectivity index (χ1) is 10.3. The molecule has 2 rings (SSSR count). The summed E-state index contributed by atoms with van der Waals surface area (Å²) in [6.45, 7) is 6.94. The number of nitrogens with zero attached hydrogens (tertiary/aromatic N) is 1. The number of hydrogen-bond acceptors (Lipinski definition) is 3. The third-order valence-electron chi connectivity index (χ3n) is 3.54. The molecular weight excluding hydrogens is 346 g/mol. The van der Waals surface area contributed by atoms with Crippen molar-refractivity contribution in [3.8, 4) is 5.69 Å². The number of Topliss-reactive ketones (excluding diaryl/α,β-unsaturated/α-hetero) is 1. The molecular formula is C17H18BrNO3.